The van der Waals surface area contributed by atoms with Crippen molar-refractivity contribution in [3.8, 4) is 0 Å². The Morgan fingerprint density at radius 2 is 1.75 bits per heavy atom. The molecule has 7 heteroatoms. The first-order valence-corrected chi connectivity index (χ1v) is 6.40. The molecule has 0 N–H and O–H groups in total. The summed E-state index contributed by atoms with van der Waals surface area (Å²) in [5.74, 6) is 0. The second kappa shape index (κ2) is 4.68. The lowest BCUT2D eigenvalue weighted by atomic mass is 10.1. The molecule has 1 aromatic rings. The van der Waals surface area contributed by atoms with Gasteiger partial charge < -0.3 is 0 Å². The molecule has 1 fully saturated rings. The second-order valence-corrected chi connectivity index (χ2v) is 5.08. The average Bonchev–Trinajstić information content (AvgIpc) is 3.12. The molecular formula is C13H13N3O4. The van der Waals surface area contributed by atoms with Gasteiger partial charge in [0.2, 0.25) is 0 Å². The van der Waals surface area contributed by atoms with E-state index in [9.17, 15) is 20.2 Å². The first-order valence-electron chi connectivity index (χ1n) is 6.40. The van der Waals surface area contributed by atoms with Crippen molar-refractivity contribution in [1.82, 2.24) is 4.90 Å². The standard InChI is InChI=1S/C13H13N3O4/c17-15(18)10-6-5-9(13(7-10)16(19)20)8-14-11-3-1-2-4-12(11)14/h1-2,5-7,11-12H,3-4,8H2/t11-,12+,14?. The topological polar surface area (TPSA) is 89.3 Å². The van der Waals surface area contributed by atoms with Crippen LogP contribution in [0.1, 0.15) is 18.4 Å². The minimum Gasteiger partial charge on any atom is -0.289 e. The van der Waals surface area contributed by atoms with Gasteiger partial charge in [-0.2, -0.15) is 0 Å². The molecule has 1 saturated heterocycles. The van der Waals surface area contributed by atoms with E-state index < -0.39 is 9.85 Å². The number of hydrogen-bond donors (Lipinski definition) is 0. The fourth-order valence-electron chi connectivity index (χ4n) is 2.85. The zero-order chi connectivity index (χ0) is 14.3. The van der Waals surface area contributed by atoms with E-state index in [1.54, 1.807) is 0 Å². The van der Waals surface area contributed by atoms with Gasteiger partial charge in [0.25, 0.3) is 11.4 Å². The molecule has 104 valence electrons. The van der Waals surface area contributed by atoms with Gasteiger partial charge in [-0.3, -0.25) is 25.1 Å². The van der Waals surface area contributed by atoms with Gasteiger partial charge in [-0.25, -0.2) is 0 Å². The lowest BCUT2D eigenvalue weighted by molar-refractivity contribution is -0.394. The molecule has 0 radical (unpaired) electrons. The lowest BCUT2D eigenvalue weighted by Crippen LogP contribution is -2.06. The third kappa shape index (κ3) is 2.16. The fraction of sp³-hybridized carbons (Fsp3) is 0.385. The van der Waals surface area contributed by atoms with Crippen molar-refractivity contribution in [2.75, 3.05) is 0 Å². The van der Waals surface area contributed by atoms with E-state index in [-0.39, 0.29) is 11.4 Å². The summed E-state index contributed by atoms with van der Waals surface area (Å²) in [7, 11) is 0. The Morgan fingerprint density at radius 1 is 1.10 bits per heavy atom. The normalized spacial score (nSPS) is 26.9. The zero-order valence-electron chi connectivity index (χ0n) is 10.6. The van der Waals surface area contributed by atoms with Crippen LogP contribution >= 0.6 is 0 Å². The maximum Gasteiger partial charge on any atom is 0.280 e. The van der Waals surface area contributed by atoms with Gasteiger partial charge in [0.15, 0.2) is 0 Å². The minimum absolute atomic E-state index is 0.171. The molecule has 3 rings (SSSR count). The molecule has 2 aliphatic rings. The van der Waals surface area contributed by atoms with E-state index in [4.69, 9.17) is 0 Å². The first-order chi connectivity index (χ1) is 9.58. The highest BCUT2D eigenvalue weighted by molar-refractivity contribution is 5.49. The summed E-state index contributed by atoms with van der Waals surface area (Å²) in [5.41, 5.74) is 0.121. The molecule has 1 unspecified atom stereocenters. The van der Waals surface area contributed by atoms with Crippen LogP contribution in [0.2, 0.25) is 0 Å². The van der Waals surface area contributed by atoms with E-state index in [1.165, 1.54) is 12.1 Å². The Kier molecular flexibility index (Phi) is 2.98. The molecule has 0 amide bonds. The molecule has 0 aromatic heterocycles. The molecule has 20 heavy (non-hydrogen) atoms. The summed E-state index contributed by atoms with van der Waals surface area (Å²) in [5, 5.41) is 21.8. The highest BCUT2D eigenvalue weighted by atomic mass is 16.6. The number of non-ortho nitro benzene ring substituents is 1. The van der Waals surface area contributed by atoms with E-state index >= 15 is 0 Å². The molecular weight excluding hydrogens is 262 g/mol. The van der Waals surface area contributed by atoms with Crippen LogP contribution < -0.4 is 0 Å². The highest BCUT2D eigenvalue weighted by Gasteiger charge is 2.47. The number of nitro benzene ring substituents is 2. The van der Waals surface area contributed by atoms with Crippen LogP contribution in [0.25, 0.3) is 0 Å². The van der Waals surface area contributed by atoms with Crippen LogP contribution in [0.3, 0.4) is 0 Å². The fourth-order valence-corrected chi connectivity index (χ4v) is 2.85. The minimum atomic E-state index is -0.613. The van der Waals surface area contributed by atoms with Gasteiger partial charge >= 0.3 is 0 Å². The van der Waals surface area contributed by atoms with Crippen molar-refractivity contribution in [2.24, 2.45) is 0 Å². The molecule has 0 bridgehead atoms. The molecule has 1 aliphatic carbocycles. The average molecular weight is 275 g/mol. The molecule has 1 aliphatic heterocycles. The van der Waals surface area contributed by atoms with Gasteiger partial charge in [0.05, 0.1) is 15.9 Å². The Bertz CT molecular complexity index is 600. The first kappa shape index (κ1) is 12.7. The lowest BCUT2D eigenvalue weighted by Gasteiger charge is -2.05. The van der Waals surface area contributed by atoms with Crippen molar-refractivity contribution in [1.29, 1.82) is 0 Å². The summed E-state index contributed by atoms with van der Waals surface area (Å²) in [6, 6.07) is 4.80. The van der Waals surface area contributed by atoms with Gasteiger partial charge in [-0.15, -0.1) is 0 Å². The number of benzene rings is 1. The number of fused-ring (bicyclic) bond motifs is 1. The van der Waals surface area contributed by atoms with Gasteiger partial charge in [-0.05, 0) is 18.9 Å². The van der Waals surface area contributed by atoms with Crippen LogP contribution in [0, 0.1) is 20.2 Å². The number of rotatable bonds is 4. The van der Waals surface area contributed by atoms with Crippen molar-refractivity contribution in [2.45, 2.75) is 31.5 Å². The van der Waals surface area contributed by atoms with E-state index in [0.717, 1.165) is 18.9 Å². The van der Waals surface area contributed by atoms with Crippen LogP contribution in [-0.2, 0) is 6.54 Å². The smallest absolute Gasteiger partial charge is 0.280 e. The Hall–Kier alpha value is -2.28. The van der Waals surface area contributed by atoms with Gasteiger partial charge in [0.1, 0.15) is 0 Å². The molecule has 1 aromatic carbocycles. The maximum atomic E-state index is 11.1. The van der Waals surface area contributed by atoms with Crippen molar-refractivity contribution >= 4 is 11.4 Å². The summed E-state index contributed by atoms with van der Waals surface area (Å²) in [6.07, 6.45) is 6.22. The number of nitro groups is 2. The van der Waals surface area contributed by atoms with E-state index in [1.807, 2.05) is 0 Å². The summed E-state index contributed by atoms with van der Waals surface area (Å²) in [6.45, 7) is 0.478. The zero-order valence-corrected chi connectivity index (χ0v) is 10.6. The molecule has 1 heterocycles. The van der Waals surface area contributed by atoms with Crippen LogP contribution in [0.4, 0.5) is 11.4 Å². The summed E-state index contributed by atoms with van der Waals surface area (Å²) >= 11 is 0. The van der Waals surface area contributed by atoms with Crippen LogP contribution in [-0.4, -0.2) is 26.8 Å². The summed E-state index contributed by atoms with van der Waals surface area (Å²) < 4.78 is 0. The largest absolute Gasteiger partial charge is 0.289 e. The Morgan fingerprint density at radius 3 is 2.30 bits per heavy atom. The predicted molar refractivity (Wildman–Crippen MR) is 71.2 cm³/mol. The third-order valence-electron chi connectivity index (χ3n) is 3.96. The van der Waals surface area contributed by atoms with Gasteiger partial charge in [0, 0.05) is 30.3 Å². The van der Waals surface area contributed by atoms with Gasteiger partial charge in [-0.1, -0.05) is 12.2 Å². The van der Waals surface area contributed by atoms with Crippen molar-refractivity contribution < 1.29 is 9.85 Å². The maximum absolute atomic E-state index is 11.1. The number of nitrogens with zero attached hydrogens (tertiary/aromatic N) is 3. The number of hydrogen-bond acceptors (Lipinski definition) is 5. The monoisotopic (exact) mass is 275 g/mol. The third-order valence-corrected chi connectivity index (χ3v) is 3.96. The van der Waals surface area contributed by atoms with E-state index in [2.05, 4.69) is 17.1 Å². The SMILES string of the molecule is O=[N+]([O-])c1ccc(CN2[C@@H]3CC=CC[C@@H]32)c([N+](=O)[O-])c1. The molecule has 0 spiro atoms. The molecule has 7 nitrogen and oxygen atoms in total. The molecule has 3 atom stereocenters. The Balaban J connectivity index is 1.83. The van der Waals surface area contributed by atoms with Crippen molar-refractivity contribution in [3.05, 3.63) is 56.1 Å². The summed E-state index contributed by atoms with van der Waals surface area (Å²) in [4.78, 5) is 22.8. The Labute approximate surface area is 114 Å². The second-order valence-electron chi connectivity index (χ2n) is 5.08. The van der Waals surface area contributed by atoms with Crippen molar-refractivity contribution in [3.63, 3.8) is 0 Å². The highest BCUT2D eigenvalue weighted by Crippen LogP contribution is 2.40. The van der Waals surface area contributed by atoms with E-state index in [0.29, 0.717) is 24.2 Å². The quantitative estimate of drug-likeness (QED) is 0.364. The predicted octanol–water partition coefficient (Wildman–Crippen LogP) is 2.41. The molecule has 0 saturated carbocycles. The van der Waals surface area contributed by atoms with Crippen LogP contribution in [0.15, 0.2) is 30.4 Å². The van der Waals surface area contributed by atoms with Crippen LogP contribution in [0.5, 0.6) is 0 Å².